The molecule has 38 heavy (non-hydrogen) atoms. The molecule has 6 nitrogen and oxygen atoms in total. The molecule has 3 aromatic rings. The van der Waals surface area contributed by atoms with Crippen LogP contribution in [0.5, 0.6) is 0 Å². The summed E-state index contributed by atoms with van der Waals surface area (Å²) in [4.78, 5) is 13.9. The number of carbonyl (C=O) groups is 1. The van der Waals surface area contributed by atoms with Gasteiger partial charge in [-0.3, -0.25) is 4.79 Å². The summed E-state index contributed by atoms with van der Waals surface area (Å²) >= 11 is 0. The molecule has 2 heterocycles. The van der Waals surface area contributed by atoms with E-state index in [2.05, 4.69) is 10.4 Å². The van der Waals surface area contributed by atoms with Crippen LogP contribution in [0, 0.1) is 28.7 Å². The zero-order valence-electron chi connectivity index (χ0n) is 21.3. The van der Waals surface area contributed by atoms with Crippen LogP contribution in [-0.4, -0.2) is 35.4 Å². The number of nitrogens with one attached hydrogen (secondary N) is 1. The molecule has 0 aliphatic carbocycles. The number of hydrazone groups is 1. The molecule has 2 unspecified atom stereocenters. The zero-order chi connectivity index (χ0) is 27.7. The van der Waals surface area contributed by atoms with E-state index in [4.69, 9.17) is 4.42 Å². The maximum absolute atomic E-state index is 15.1. The van der Waals surface area contributed by atoms with Gasteiger partial charge in [-0.25, -0.2) is 22.6 Å². The molecule has 2 aromatic carbocycles. The van der Waals surface area contributed by atoms with Gasteiger partial charge in [-0.2, -0.15) is 5.10 Å². The smallest absolute Gasteiger partial charge is 0.248 e. The van der Waals surface area contributed by atoms with E-state index in [1.165, 1.54) is 25.5 Å². The maximum Gasteiger partial charge on any atom is 0.248 e. The van der Waals surface area contributed by atoms with Crippen molar-refractivity contribution in [1.29, 1.82) is 0 Å². The topological polar surface area (TPSA) is 78.1 Å². The first-order valence-corrected chi connectivity index (χ1v) is 12.2. The first-order chi connectivity index (χ1) is 18.0. The average Bonchev–Trinajstić information content (AvgIpc) is 3.48. The van der Waals surface area contributed by atoms with E-state index in [1.807, 2.05) is 13.8 Å². The highest BCUT2D eigenvalue weighted by Crippen LogP contribution is 2.46. The number of furan rings is 1. The molecule has 202 valence electrons. The van der Waals surface area contributed by atoms with Gasteiger partial charge >= 0.3 is 0 Å². The summed E-state index contributed by atoms with van der Waals surface area (Å²) in [7, 11) is 0. The van der Waals surface area contributed by atoms with Crippen molar-refractivity contribution in [3.8, 4) is 0 Å². The molecule has 0 radical (unpaired) electrons. The highest BCUT2D eigenvalue weighted by atomic mass is 19.1. The minimum absolute atomic E-state index is 0.0146. The van der Waals surface area contributed by atoms with Crippen molar-refractivity contribution in [3.63, 3.8) is 0 Å². The Morgan fingerprint density at radius 3 is 2.39 bits per heavy atom. The van der Waals surface area contributed by atoms with E-state index in [0.717, 1.165) is 23.2 Å². The number of aliphatic hydroxyl groups is 1. The fourth-order valence-corrected chi connectivity index (χ4v) is 4.70. The monoisotopic (exact) mass is 531 g/mol. The third-order valence-electron chi connectivity index (χ3n) is 6.91. The van der Waals surface area contributed by atoms with Gasteiger partial charge in [-0.15, -0.1) is 0 Å². The lowest BCUT2D eigenvalue weighted by Gasteiger charge is -2.37. The molecule has 1 amide bonds. The van der Waals surface area contributed by atoms with E-state index < -0.39 is 40.6 Å². The predicted octanol–water partition coefficient (Wildman–Crippen LogP) is 5.52. The van der Waals surface area contributed by atoms with Crippen molar-refractivity contribution in [2.45, 2.75) is 45.1 Å². The quantitative estimate of drug-likeness (QED) is 0.282. The Hall–Kier alpha value is -3.66. The van der Waals surface area contributed by atoms with Crippen LogP contribution >= 0.6 is 0 Å². The lowest BCUT2D eigenvalue weighted by molar-refractivity contribution is -0.126. The van der Waals surface area contributed by atoms with Gasteiger partial charge in [0, 0.05) is 36.4 Å². The summed E-state index contributed by atoms with van der Waals surface area (Å²) in [5.74, 6) is -5.01. The summed E-state index contributed by atoms with van der Waals surface area (Å²) in [6.45, 7) is 5.56. The highest BCUT2D eigenvalue weighted by molar-refractivity contribution is 6.13. The molecule has 1 aliphatic heterocycles. The van der Waals surface area contributed by atoms with E-state index in [1.54, 1.807) is 6.07 Å². The van der Waals surface area contributed by atoms with Crippen molar-refractivity contribution >= 4 is 17.3 Å². The van der Waals surface area contributed by atoms with Crippen LogP contribution in [0.25, 0.3) is 0 Å². The van der Waals surface area contributed by atoms with E-state index in [0.29, 0.717) is 30.5 Å². The van der Waals surface area contributed by atoms with E-state index in [-0.39, 0.29) is 35.5 Å². The third-order valence-corrected chi connectivity index (χ3v) is 6.91. The molecule has 0 bridgehead atoms. The first-order valence-electron chi connectivity index (χ1n) is 12.2. The van der Waals surface area contributed by atoms with Crippen molar-refractivity contribution in [1.82, 2.24) is 5.32 Å². The molecule has 0 spiro atoms. The molecule has 4 rings (SSSR count). The highest BCUT2D eigenvalue weighted by Gasteiger charge is 2.55. The molecule has 0 fully saturated rings. The van der Waals surface area contributed by atoms with Gasteiger partial charge in [-0.05, 0) is 55.5 Å². The number of carbonyl (C=O) groups excluding carboxylic acids is 1. The fraction of sp³-hybridized carbons (Fsp3) is 0.357. The van der Waals surface area contributed by atoms with Gasteiger partial charge in [-0.1, -0.05) is 13.8 Å². The van der Waals surface area contributed by atoms with Crippen LogP contribution in [0.1, 0.15) is 50.7 Å². The van der Waals surface area contributed by atoms with Crippen molar-refractivity contribution < 1.29 is 31.9 Å². The lowest BCUT2D eigenvalue weighted by atomic mass is 9.76. The van der Waals surface area contributed by atoms with Gasteiger partial charge in [0.1, 0.15) is 17.5 Å². The van der Waals surface area contributed by atoms with Gasteiger partial charge in [0.05, 0.1) is 29.8 Å². The molecule has 10 heteroatoms. The summed E-state index contributed by atoms with van der Waals surface area (Å²) in [6, 6.07) is 7.41. The van der Waals surface area contributed by atoms with Crippen LogP contribution in [0.3, 0.4) is 0 Å². The Morgan fingerprint density at radius 1 is 1.11 bits per heavy atom. The largest absolute Gasteiger partial charge is 0.472 e. The summed E-state index contributed by atoms with van der Waals surface area (Å²) in [5, 5.41) is 18.0. The maximum atomic E-state index is 15.1. The fourth-order valence-electron chi connectivity index (χ4n) is 4.70. The van der Waals surface area contributed by atoms with Gasteiger partial charge in [0.25, 0.3) is 0 Å². The van der Waals surface area contributed by atoms with Crippen LogP contribution in [-0.2, 0) is 4.79 Å². The number of aliphatic hydroxyl groups excluding tert-OH is 1. The van der Waals surface area contributed by atoms with Gasteiger partial charge in [0.2, 0.25) is 5.91 Å². The molecule has 0 saturated heterocycles. The Morgan fingerprint density at radius 2 is 1.79 bits per heavy atom. The van der Waals surface area contributed by atoms with Gasteiger partial charge in [0.15, 0.2) is 11.4 Å². The Kier molecular flexibility index (Phi) is 7.64. The normalized spacial score (nSPS) is 19.5. The Bertz CT molecular complexity index is 1340. The number of anilines is 1. The van der Waals surface area contributed by atoms with Crippen LogP contribution in [0.4, 0.5) is 23.2 Å². The summed E-state index contributed by atoms with van der Waals surface area (Å²) < 4.78 is 62.8. The minimum atomic E-state index is -1.66. The zero-order valence-corrected chi connectivity index (χ0v) is 21.3. The van der Waals surface area contributed by atoms with Crippen molar-refractivity contribution in [3.05, 3.63) is 89.4 Å². The Balaban J connectivity index is 1.81. The molecular formula is C28H29F4N3O3. The van der Waals surface area contributed by atoms with Crippen LogP contribution < -0.4 is 10.3 Å². The molecular weight excluding hydrogens is 502 g/mol. The summed E-state index contributed by atoms with van der Waals surface area (Å²) in [6.07, 6.45) is 3.94. The standard InChI is InChI=1S/C28H29F4N3O3/c1-27(2,16-36)10-4-11-33-26(37)28(3)24(17-9-12-38-15-17)25(20-7-5-18(29)13-21(20)31)34-35(28)23-8-6-19(30)14-22(23)32/h5-9,12-15,24,36H,4,10-11,16H2,1-3H3,(H,33,37). The van der Waals surface area contributed by atoms with Gasteiger partial charge < -0.3 is 14.8 Å². The first kappa shape index (κ1) is 27.4. The van der Waals surface area contributed by atoms with E-state index >= 15 is 8.78 Å². The molecule has 1 aromatic heterocycles. The molecule has 0 saturated carbocycles. The second kappa shape index (κ2) is 10.6. The number of amides is 1. The molecule has 1 aliphatic rings. The number of nitrogens with zero attached hydrogens (tertiary/aromatic N) is 2. The van der Waals surface area contributed by atoms with Crippen molar-refractivity contribution in [2.75, 3.05) is 18.2 Å². The van der Waals surface area contributed by atoms with E-state index in [9.17, 15) is 18.7 Å². The predicted molar refractivity (Wildman–Crippen MR) is 135 cm³/mol. The second-order valence-electron chi connectivity index (χ2n) is 10.3. The van der Waals surface area contributed by atoms with Crippen LogP contribution in [0.2, 0.25) is 0 Å². The number of benzene rings is 2. The third kappa shape index (κ3) is 5.18. The molecule has 2 atom stereocenters. The number of hydrogen-bond acceptors (Lipinski definition) is 5. The molecule has 2 N–H and O–H groups in total. The minimum Gasteiger partial charge on any atom is -0.472 e. The Labute approximate surface area is 218 Å². The number of rotatable bonds is 9. The van der Waals surface area contributed by atoms with Crippen molar-refractivity contribution in [2.24, 2.45) is 10.5 Å². The average molecular weight is 532 g/mol. The summed E-state index contributed by atoms with van der Waals surface area (Å²) in [5.41, 5.74) is -1.77. The van der Waals surface area contributed by atoms with Crippen LogP contribution in [0.15, 0.2) is 64.5 Å². The number of halogens is 4. The second-order valence-corrected chi connectivity index (χ2v) is 10.3. The lowest BCUT2D eigenvalue weighted by Crippen LogP contribution is -2.57. The number of hydrogen-bond donors (Lipinski definition) is 2. The SMILES string of the molecule is CC(C)(CO)CCCNC(=O)C1(C)C(c2ccoc2)C(c2ccc(F)cc2F)=NN1c1ccc(F)cc1F.